The van der Waals surface area contributed by atoms with Gasteiger partial charge in [-0.3, -0.25) is 9.38 Å². The number of pyridine rings is 2. The summed E-state index contributed by atoms with van der Waals surface area (Å²) in [6.07, 6.45) is 5.42. The molecule has 5 nitrogen and oxygen atoms in total. The van der Waals surface area contributed by atoms with Crippen molar-refractivity contribution < 1.29 is 13.5 Å². The van der Waals surface area contributed by atoms with Crippen molar-refractivity contribution in [1.29, 1.82) is 0 Å². The molecule has 0 bridgehead atoms. The molecule has 0 spiro atoms. The predicted octanol–water partition coefficient (Wildman–Crippen LogP) is 3.86. The van der Waals surface area contributed by atoms with Crippen molar-refractivity contribution >= 4 is 5.65 Å². The van der Waals surface area contributed by atoms with Crippen LogP contribution in [0.1, 0.15) is 11.3 Å². The summed E-state index contributed by atoms with van der Waals surface area (Å²) in [6.45, 7) is 0. The number of hydrogen-bond acceptors (Lipinski definition) is 4. The van der Waals surface area contributed by atoms with E-state index in [4.69, 9.17) is 4.74 Å². The second-order valence-corrected chi connectivity index (χ2v) is 6.04. The minimum Gasteiger partial charge on any atom is -0.496 e. The Balaban J connectivity index is 1.70. The van der Waals surface area contributed by atoms with Crippen LogP contribution in [-0.4, -0.2) is 26.7 Å². The average Bonchev–Trinajstić information content (AvgIpc) is 3.17. The Morgan fingerprint density at radius 1 is 1.00 bits per heavy atom. The Hall–Kier alpha value is -3.35. The summed E-state index contributed by atoms with van der Waals surface area (Å²) in [7, 11) is 1.52. The van der Waals surface area contributed by atoms with Crippen LogP contribution in [0, 0.1) is 11.6 Å². The molecule has 0 aliphatic carbocycles. The molecule has 0 radical (unpaired) electrons. The summed E-state index contributed by atoms with van der Waals surface area (Å²) in [5, 5.41) is 8.08. The Kier molecular flexibility index (Phi) is 4.50. The Bertz CT molecular complexity index is 1110. The van der Waals surface area contributed by atoms with E-state index in [1.807, 2.05) is 6.07 Å². The first-order valence-electron chi connectivity index (χ1n) is 8.42. The van der Waals surface area contributed by atoms with E-state index in [1.165, 1.54) is 31.6 Å². The maximum absolute atomic E-state index is 14.2. The van der Waals surface area contributed by atoms with Gasteiger partial charge in [0, 0.05) is 34.8 Å². The molecule has 7 heteroatoms. The van der Waals surface area contributed by atoms with E-state index in [1.54, 1.807) is 28.9 Å². The predicted molar refractivity (Wildman–Crippen MR) is 96.5 cm³/mol. The Labute approximate surface area is 154 Å². The van der Waals surface area contributed by atoms with Gasteiger partial charge in [-0.25, -0.2) is 8.78 Å². The molecule has 0 fully saturated rings. The monoisotopic (exact) mass is 366 g/mol. The van der Waals surface area contributed by atoms with Gasteiger partial charge in [0.2, 0.25) is 0 Å². The van der Waals surface area contributed by atoms with Crippen molar-refractivity contribution in [3.8, 4) is 16.9 Å². The highest BCUT2D eigenvalue weighted by Crippen LogP contribution is 2.27. The van der Waals surface area contributed by atoms with Crippen molar-refractivity contribution in [2.75, 3.05) is 7.11 Å². The highest BCUT2D eigenvalue weighted by Gasteiger charge is 2.15. The fourth-order valence-corrected chi connectivity index (χ4v) is 3.18. The highest BCUT2D eigenvalue weighted by molar-refractivity contribution is 5.77. The van der Waals surface area contributed by atoms with Crippen molar-refractivity contribution in [1.82, 2.24) is 19.6 Å². The van der Waals surface area contributed by atoms with E-state index >= 15 is 0 Å². The van der Waals surface area contributed by atoms with Crippen LogP contribution in [0.25, 0.3) is 16.8 Å². The molecular weight excluding hydrogens is 350 g/mol. The van der Waals surface area contributed by atoms with Crippen LogP contribution in [-0.2, 0) is 12.8 Å². The third kappa shape index (κ3) is 3.12. The first kappa shape index (κ1) is 17.1. The molecule has 0 aliphatic heterocycles. The number of methoxy groups -OCH3 is 1. The van der Waals surface area contributed by atoms with Gasteiger partial charge in [-0.15, -0.1) is 10.2 Å². The normalized spacial score (nSPS) is 11.1. The van der Waals surface area contributed by atoms with E-state index in [0.717, 1.165) is 5.69 Å². The molecule has 1 aromatic carbocycles. The Morgan fingerprint density at radius 3 is 2.70 bits per heavy atom. The maximum Gasteiger partial charge on any atom is 0.168 e. The molecule has 3 heterocycles. The van der Waals surface area contributed by atoms with E-state index in [2.05, 4.69) is 15.2 Å². The zero-order valence-electron chi connectivity index (χ0n) is 14.6. The molecule has 27 heavy (non-hydrogen) atoms. The number of hydrogen-bond donors (Lipinski definition) is 0. The summed E-state index contributed by atoms with van der Waals surface area (Å²) in [5.41, 5.74) is 2.89. The molecule has 0 atom stereocenters. The number of fused-ring (bicyclic) bond motifs is 1. The van der Waals surface area contributed by atoms with Crippen molar-refractivity contribution in [3.05, 3.63) is 78.0 Å². The average molecular weight is 366 g/mol. The zero-order chi connectivity index (χ0) is 18.8. The fourth-order valence-electron chi connectivity index (χ4n) is 3.18. The van der Waals surface area contributed by atoms with Gasteiger partial charge in [-0.05, 0) is 43.2 Å². The van der Waals surface area contributed by atoms with Gasteiger partial charge in [0.25, 0.3) is 0 Å². The first-order valence-corrected chi connectivity index (χ1v) is 8.42. The number of ether oxygens (including phenoxy) is 1. The SMILES string of the molecule is COc1cccc(F)c1CCc1ccc(-c2cnccc2F)c2nncn12. The number of rotatable bonds is 5. The van der Waals surface area contributed by atoms with Gasteiger partial charge in [0.05, 0.1) is 7.11 Å². The minimum atomic E-state index is -0.376. The van der Waals surface area contributed by atoms with Crippen LogP contribution in [0.5, 0.6) is 5.75 Å². The van der Waals surface area contributed by atoms with Crippen molar-refractivity contribution in [2.45, 2.75) is 12.8 Å². The lowest BCUT2D eigenvalue weighted by Crippen LogP contribution is -2.03. The summed E-state index contributed by atoms with van der Waals surface area (Å²) < 4.78 is 35.4. The molecule has 0 saturated carbocycles. The molecular formula is C20H16F2N4O. The number of halogens is 2. The molecule has 0 amide bonds. The summed E-state index contributed by atoms with van der Waals surface area (Å²) in [6, 6.07) is 9.73. The van der Waals surface area contributed by atoms with E-state index in [9.17, 15) is 8.78 Å². The first-order chi connectivity index (χ1) is 13.2. The molecule has 136 valence electrons. The van der Waals surface area contributed by atoms with Crippen molar-refractivity contribution in [3.63, 3.8) is 0 Å². The maximum atomic E-state index is 14.2. The summed E-state index contributed by atoms with van der Waals surface area (Å²) in [5.74, 6) is -0.161. The van der Waals surface area contributed by atoms with Gasteiger partial charge < -0.3 is 4.74 Å². The number of aryl methyl sites for hydroxylation is 1. The fraction of sp³-hybridized carbons (Fsp3) is 0.150. The molecule has 3 aromatic heterocycles. The van der Waals surface area contributed by atoms with Crippen LogP contribution >= 0.6 is 0 Å². The standard InChI is InChI=1S/C20H16F2N4O/c1-27-19-4-2-3-17(21)15(19)8-6-13-5-7-14(20-25-24-12-26(13)20)16-11-23-10-9-18(16)22/h2-5,7,9-12H,6,8H2,1H3. The van der Waals surface area contributed by atoms with Crippen LogP contribution in [0.4, 0.5) is 8.78 Å². The van der Waals surface area contributed by atoms with Crippen molar-refractivity contribution in [2.24, 2.45) is 0 Å². The van der Waals surface area contributed by atoms with E-state index in [-0.39, 0.29) is 11.6 Å². The van der Waals surface area contributed by atoms with E-state index < -0.39 is 0 Å². The summed E-state index contributed by atoms with van der Waals surface area (Å²) >= 11 is 0. The van der Waals surface area contributed by atoms with Crippen LogP contribution in [0.3, 0.4) is 0 Å². The lowest BCUT2D eigenvalue weighted by atomic mass is 10.0. The molecule has 0 N–H and O–H groups in total. The number of benzene rings is 1. The third-order valence-corrected chi connectivity index (χ3v) is 4.53. The number of nitrogens with zero attached hydrogens (tertiary/aromatic N) is 4. The second kappa shape index (κ2) is 7.11. The topological polar surface area (TPSA) is 52.3 Å². The minimum absolute atomic E-state index is 0.302. The van der Waals surface area contributed by atoms with Gasteiger partial charge >= 0.3 is 0 Å². The second-order valence-electron chi connectivity index (χ2n) is 6.04. The quantitative estimate of drug-likeness (QED) is 0.538. The lowest BCUT2D eigenvalue weighted by Gasteiger charge is -2.12. The van der Waals surface area contributed by atoms with Gasteiger partial charge in [-0.2, -0.15) is 0 Å². The van der Waals surface area contributed by atoms with Gasteiger partial charge in [-0.1, -0.05) is 6.07 Å². The summed E-state index contributed by atoms with van der Waals surface area (Å²) in [4.78, 5) is 3.99. The van der Waals surface area contributed by atoms with E-state index in [0.29, 0.717) is 40.9 Å². The van der Waals surface area contributed by atoms with Crippen LogP contribution in [0.15, 0.2) is 55.1 Å². The van der Waals surface area contributed by atoms with Crippen LogP contribution in [0.2, 0.25) is 0 Å². The molecule has 0 saturated heterocycles. The molecule has 0 aliphatic rings. The van der Waals surface area contributed by atoms with Gasteiger partial charge in [0.1, 0.15) is 23.7 Å². The third-order valence-electron chi connectivity index (χ3n) is 4.53. The van der Waals surface area contributed by atoms with Crippen LogP contribution < -0.4 is 4.74 Å². The highest BCUT2D eigenvalue weighted by atomic mass is 19.1. The Morgan fingerprint density at radius 2 is 1.89 bits per heavy atom. The largest absolute Gasteiger partial charge is 0.496 e. The smallest absolute Gasteiger partial charge is 0.168 e. The zero-order valence-corrected chi connectivity index (χ0v) is 14.6. The molecule has 0 unspecified atom stereocenters. The lowest BCUT2D eigenvalue weighted by molar-refractivity contribution is 0.404. The number of aromatic nitrogens is 4. The molecule has 4 aromatic rings. The van der Waals surface area contributed by atoms with Gasteiger partial charge in [0.15, 0.2) is 5.65 Å². The molecule has 4 rings (SSSR count).